The van der Waals surface area contributed by atoms with Gasteiger partial charge in [0.1, 0.15) is 0 Å². The van der Waals surface area contributed by atoms with E-state index in [2.05, 4.69) is 5.32 Å². The van der Waals surface area contributed by atoms with Crippen LogP contribution < -0.4 is 5.32 Å². The zero-order chi connectivity index (χ0) is 6.91. The largest absolute Gasteiger partial charge is 0.311 e. The fourth-order valence-electron chi connectivity index (χ4n) is 1.01. The summed E-state index contributed by atoms with van der Waals surface area (Å²) in [7, 11) is -2.19. The molecule has 0 bridgehead atoms. The third-order valence-electron chi connectivity index (χ3n) is 1.44. The molecular formula is C5H13NO2S. The summed E-state index contributed by atoms with van der Waals surface area (Å²) in [4.78, 5) is 0. The van der Waals surface area contributed by atoms with Crippen molar-refractivity contribution in [2.45, 2.75) is 13.0 Å². The maximum atomic E-state index is 9.14. The highest BCUT2D eigenvalue weighted by atomic mass is 32.3. The van der Waals surface area contributed by atoms with Crippen LogP contribution in [0.25, 0.3) is 0 Å². The molecule has 1 aliphatic heterocycles. The molecule has 0 aromatic rings. The summed E-state index contributed by atoms with van der Waals surface area (Å²) in [6, 6.07) is 0.267. The lowest BCUT2D eigenvalue weighted by molar-refractivity contribution is 0.452. The molecule has 1 heterocycles. The van der Waals surface area contributed by atoms with E-state index in [4.69, 9.17) is 9.11 Å². The highest BCUT2D eigenvalue weighted by Crippen LogP contribution is 2.39. The van der Waals surface area contributed by atoms with Gasteiger partial charge in [-0.05, 0) is 6.92 Å². The fraction of sp³-hybridized carbons (Fsp3) is 1.00. The van der Waals surface area contributed by atoms with Crippen LogP contribution in [0.4, 0.5) is 0 Å². The first-order valence-electron chi connectivity index (χ1n) is 3.07. The number of hydrogen-bond acceptors (Lipinski definition) is 3. The zero-order valence-electron chi connectivity index (χ0n) is 5.50. The van der Waals surface area contributed by atoms with E-state index in [0.717, 1.165) is 6.54 Å². The van der Waals surface area contributed by atoms with Gasteiger partial charge >= 0.3 is 0 Å². The SMILES string of the molecule is CC1CS(O)(O)CCN1. The summed E-state index contributed by atoms with van der Waals surface area (Å²) in [6.07, 6.45) is 0. The van der Waals surface area contributed by atoms with Crippen molar-refractivity contribution in [3.05, 3.63) is 0 Å². The Hall–Kier alpha value is 0.230. The second-order valence-corrected chi connectivity index (χ2v) is 4.87. The molecule has 56 valence electrons. The minimum Gasteiger partial charge on any atom is -0.311 e. The van der Waals surface area contributed by atoms with Crippen LogP contribution in [0.2, 0.25) is 0 Å². The highest BCUT2D eigenvalue weighted by Gasteiger charge is 2.20. The van der Waals surface area contributed by atoms with Crippen molar-refractivity contribution < 1.29 is 9.11 Å². The molecule has 1 saturated heterocycles. The van der Waals surface area contributed by atoms with Crippen molar-refractivity contribution in [3.8, 4) is 0 Å². The molecule has 3 N–H and O–H groups in total. The average Bonchev–Trinajstić information content (AvgIpc) is 1.60. The normalized spacial score (nSPS) is 37.9. The lowest BCUT2D eigenvalue weighted by Gasteiger charge is -2.39. The van der Waals surface area contributed by atoms with Crippen LogP contribution in [0.3, 0.4) is 0 Å². The quantitative estimate of drug-likeness (QED) is 0.478. The van der Waals surface area contributed by atoms with Crippen molar-refractivity contribution in [1.82, 2.24) is 5.32 Å². The van der Waals surface area contributed by atoms with Crippen LogP contribution in [0.5, 0.6) is 0 Å². The number of rotatable bonds is 0. The van der Waals surface area contributed by atoms with E-state index in [1.54, 1.807) is 0 Å². The standard InChI is InChI=1S/C5H13NO2S/c1-5-4-9(7,8)3-2-6-5/h5-8H,2-4H2,1H3. The second kappa shape index (κ2) is 2.46. The van der Waals surface area contributed by atoms with Crippen molar-refractivity contribution in [2.75, 3.05) is 18.1 Å². The first-order chi connectivity index (χ1) is 4.10. The highest BCUT2D eigenvalue weighted by molar-refractivity contribution is 8.24. The summed E-state index contributed by atoms with van der Waals surface area (Å²) in [5, 5.41) is 3.14. The van der Waals surface area contributed by atoms with Crippen LogP contribution in [0, 0.1) is 0 Å². The molecule has 9 heavy (non-hydrogen) atoms. The molecule has 0 aliphatic carbocycles. The minimum absolute atomic E-state index is 0.267. The number of hydrogen-bond donors (Lipinski definition) is 3. The first kappa shape index (κ1) is 7.34. The van der Waals surface area contributed by atoms with Crippen LogP contribution in [-0.4, -0.2) is 33.2 Å². The maximum absolute atomic E-state index is 9.14. The Morgan fingerprint density at radius 2 is 2.22 bits per heavy atom. The molecule has 1 aliphatic rings. The lowest BCUT2D eigenvalue weighted by atomic mass is 10.4. The van der Waals surface area contributed by atoms with Crippen molar-refractivity contribution >= 4 is 10.6 Å². The molecule has 0 saturated carbocycles. The molecule has 0 spiro atoms. The smallest absolute Gasteiger partial charge is 0.0525 e. The van der Waals surface area contributed by atoms with Gasteiger partial charge in [-0.15, -0.1) is 0 Å². The summed E-state index contributed by atoms with van der Waals surface area (Å²) >= 11 is 0. The van der Waals surface area contributed by atoms with E-state index >= 15 is 0 Å². The topological polar surface area (TPSA) is 52.5 Å². The van der Waals surface area contributed by atoms with Gasteiger partial charge in [0, 0.05) is 18.3 Å². The molecule has 4 heteroatoms. The Morgan fingerprint density at radius 3 is 2.56 bits per heavy atom. The van der Waals surface area contributed by atoms with Crippen LogP contribution in [-0.2, 0) is 0 Å². The molecule has 0 aromatic carbocycles. The van der Waals surface area contributed by atoms with E-state index < -0.39 is 10.6 Å². The minimum atomic E-state index is -2.19. The van der Waals surface area contributed by atoms with Gasteiger partial charge < -0.3 is 5.32 Å². The Balaban J connectivity index is 2.41. The lowest BCUT2D eigenvalue weighted by Crippen LogP contribution is -2.40. The molecule has 1 fully saturated rings. The van der Waals surface area contributed by atoms with Gasteiger partial charge in [0.2, 0.25) is 0 Å². The molecule has 0 aromatic heterocycles. The summed E-state index contributed by atoms with van der Waals surface area (Å²) in [5.41, 5.74) is 0. The second-order valence-electron chi connectivity index (χ2n) is 2.53. The van der Waals surface area contributed by atoms with Crippen LogP contribution in [0.1, 0.15) is 6.92 Å². The third-order valence-corrected chi connectivity index (χ3v) is 3.33. The van der Waals surface area contributed by atoms with Gasteiger partial charge in [0.25, 0.3) is 0 Å². The van der Waals surface area contributed by atoms with E-state index in [0.29, 0.717) is 11.5 Å². The van der Waals surface area contributed by atoms with Gasteiger partial charge in [-0.2, -0.15) is 10.6 Å². The van der Waals surface area contributed by atoms with Crippen LogP contribution >= 0.6 is 10.6 Å². The van der Waals surface area contributed by atoms with E-state index in [1.165, 1.54) is 0 Å². The van der Waals surface area contributed by atoms with Crippen LogP contribution in [0.15, 0.2) is 0 Å². The van der Waals surface area contributed by atoms with Gasteiger partial charge in [0.05, 0.1) is 5.75 Å². The van der Waals surface area contributed by atoms with Gasteiger partial charge in [-0.25, -0.2) is 0 Å². The molecule has 0 radical (unpaired) electrons. The summed E-state index contributed by atoms with van der Waals surface area (Å²) in [5.74, 6) is 1.05. The van der Waals surface area contributed by atoms with Crippen molar-refractivity contribution in [2.24, 2.45) is 0 Å². The summed E-state index contributed by atoms with van der Waals surface area (Å²) in [6.45, 7) is 2.71. The van der Waals surface area contributed by atoms with Gasteiger partial charge in [-0.1, -0.05) is 0 Å². The molecule has 0 amide bonds. The van der Waals surface area contributed by atoms with Crippen molar-refractivity contribution in [3.63, 3.8) is 0 Å². The monoisotopic (exact) mass is 151 g/mol. The number of nitrogens with one attached hydrogen (secondary N) is 1. The Kier molecular flexibility index (Phi) is 2.00. The predicted octanol–water partition coefficient (Wildman–Crippen LogP) is 0.729. The van der Waals surface area contributed by atoms with Gasteiger partial charge in [-0.3, -0.25) is 9.11 Å². The predicted molar refractivity (Wildman–Crippen MR) is 40.0 cm³/mol. The maximum Gasteiger partial charge on any atom is 0.0525 e. The third kappa shape index (κ3) is 2.14. The Bertz CT molecular complexity index is 107. The van der Waals surface area contributed by atoms with E-state index in [9.17, 15) is 0 Å². The van der Waals surface area contributed by atoms with E-state index in [-0.39, 0.29) is 6.04 Å². The molecular weight excluding hydrogens is 138 g/mol. The average molecular weight is 151 g/mol. The van der Waals surface area contributed by atoms with Crippen molar-refractivity contribution in [1.29, 1.82) is 0 Å². The van der Waals surface area contributed by atoms with E-state index in [1.807, 2.05) is 6.92 Å². The first-order valence-corrected chi connectivity index (χ1v) is 4.96. The zero-order valence-corrected chi connectivity index (χ0v) is 6.32. The molecule has 1 rings (SSSR count). The fourth-order valence-corrected chi connectivity index (χ4v) is 2.54. The molecule has 3 nitrogen and oxygen atoms in total. The Labute approximate surface area is 56.8 Å². The molecule has 1 unspecified atom stereocenters. The van der Waals surface area contributed by atoms with Gasteiger partial charge in [0.15, 0.2) is 0 Å². The Morgan fingerprint density at radius 1 is 1.56 bits per heavy atom. The summed E-state index contributed by atoms with van der Waals surface area (Å²) < 4.78 is 18.3. The molecule has 1 atom stereocenters.